The van der Waals surface area contributed by atoms with E-state index in [1.54, 1.807) is 26.2 Å². The Labute approximate surface area is 111 Å². The first-order valence-electron chi connectivity index (χ1n) is 3.96. The maximum Gasteiger partial charge on any atom is 0.285 e. The molecule has 0 unspecified atom stereocenters. The molecule has 6 heteroatoms. The Hall–Kier alpha value is 0.1000. The molecule has 0 saturated heterocycles. The summed E-state index contributed by atoms with van der Waals surface area (Å²) in [4.78, 5) is 13.6. The summed E-state index contributed by atoms with van der Waals surface area (Å²) in [6.07, 6.45) is 0. The molecule has 82 valence electrons. The number of thioether (sulfide) groups is 1. The van der Waals surface area contributed by atoms with E-state index in [-0.39, 0.29) is 5.24 Å². The van der Waals surface area contributed by atoms with Crippen LogP contribution >= 0.6 is 50.9 Å². The summed E-state index contributed by atoms with van der Waals surface area (Å²) in [5.74, 6) is 0. The molecule has 0 aromatic heterocycles. The van der Waals surface area contributed by atoms with Gasteiger partial charge >= 0.3 is 0 Å². The summed E-state index contributed by atoms with van der Waals surface area (Å²) < 4.78 is 0.718. The summed E-state index contributed by atoms with van der Waals surface area (Å²) in [5, 5.41) is 0.731. The molecule has 0 heterocycles. The van der Waals surface area contributed by atoms with Crippen LogP contribution in [0.1, 0.15) is 0 Å². The molecular weight excluding hydrogens is 321 g/mol. The second kappa shape index (κ2) is 5.43. The summed E-state index contributed by atoms with van der Waals surface area (Å²) >= 11 is 16.2. The van der Waals surface area contributed by atoms with Crippen LogP contribution in [-0.4, -0.2) is 24.2 Å². The van der Waals surface area contributed by atoms with Gasteiger partial charge in [-0.3, -0.25) is 4.79 Å². The van der Waals surface area contributed by atoms with Crippen LogP contribution in [0.5, 0.6) is 0 Å². The highest BCUT2D eigenvalue weighted by Crippen LogP contribution is 2.38. The number of benzene rings is 1. The van der Waals surface area contributed by atoms with Crippen LogP contribution in [-0.2, 0) is 0 Å². The van der Waals surface area contributed by atoms with Crippen LogP contribution < -0.4 is 0 Å². The third-order valence-electron chi connectivity index (χ3n) is 1.56. The second-order valence-electron chi connectivity index (χ2n) is 2.94. The third-order valence-corrected chi connectivity index (χ3v) is 4.55. The maximum absolute atomic E-state index is 11.4. The smallest absolute Gasteiger partial charge is 0.285 e. The number of nitrogens with zero attached hydrogens (tertiary/aromatic N) is 1. The van der Waals surface area contributed by atoms with Gasteiger partial charge in [-0.25, -0.2) is 0 Å². The molecular formula is C9H8BrCl2NOS. The van der Waals surface area contributed by atoms with Crippen molar-refractivity contribution in [1.82, 2.24) is 4.90 Å². The number of carbonyl (C=O) groups excluding carboxylic acids is 1. The minimum Gasteiger partial charge on any atom is -0.339 e. The number of halogens is 3. The van der Waals surface area contributed by atoms with E-state index in [1.165, 1.54) is 4.90 Å². The summed E-state index contributed by atoms with van der Waals surface area (Å²) in [6, 6.07) is 3.52. The monoisotopic (exact) mass is 327 g/mol. The molecule has 0 N–H and O–H groups in total. The average Bonchev–Trinajstić information content (AvgIpc) is 2.18. The lowest BCUT2D eigenvalue weighted by Crippen LogP contribution is -2.16. The minimum atomic E-state index is -0.0877. The van der Waals surface area contributed by atoms with Crippen LogP contribution in [0.3, 0.4) is 0 Å². The van der Waals surface area contributed by atoms with Gasteiger partial charge in [0, 0.05) is 23.5 Å². The van der Waals surface area contributed by atoms with Gasteiger partial charge in [-0.1, -0.05) is 23.2 Å². The van der Waals surface area contributed by atoms with Crippen molar-refractivity contribution >= 4 is 56.1 Å². The first-order valence-corrected chi connectivity index (χ1v) is 6.32. The molecule has 1 amide bonds. The van der Waals surface area contributed by atoms with Crippen molar-refractivity contribution in [2.75, 3.05) is 14.1 Å². The van der Waals surface area contributed by atoms with Crippen LogP contribution in [0.25, 0.3) is 0 Å². The topological polar surface area (TPSA) is 20.3 Å². The van der Waals surface area contributed by atoms with Crippen molar-refractivity contribution in [1.29, 1.82) is 0 Å². The van der Waals surface area contributed by atoms with Gasteiger partial charge in [0.1, 0.15) is 0 Å². The molecule has 0 atom stereocenters. The highest BCUT2D eigenvalue weighted by Gasteiger charge is 2.13. The molecule has 1 rings (SSSR count). The summed E-state index contributed by atoms with van der Waals surface area (Å²) in [5.41, 5.74) is 0. The number of hydrogen-bond acceptors (Lipinski definition) is 2. The predicted molar refractivity (Wildman–Crippen MR) is 69.1 cm³/mol. The molecule has 0 bridgehead atoms. The molecule has 1 aromatic rings. The Morgan fingerprint density at radius 2 is 1.93 bits per heavy atom. The number of hydrogen-bond donors (Lipinski definition) is 0. The molecule has 0 radical (unpaired) electrons. The molecule has 15 heavy (non-hydrogen) atoms. The van der Waals surface area contributed by atoms with E-state index in [2.05, 4.69) is 15.9 Å². The fraction of sp³-hybridized carbons (Fsp3) is 0.222. The zero-order valence-corrected chi connectivity index (χ0v) is 12.0. The fourth-order valence-electron chi connectivity index (χ4n) is 0.772. The Morgan fingerprint density at radius 3 is 2.47 bits per heavy atom. The molecule has 0 saturated carbocycles. The second-order valence-corrected chi connectivity index (χ2v) is 5.54. The van der Waals surface area contributed by atoms with Gasteiger partial charge in [-0.05, 0) is 39.8 Å². The van der Waals surface area contributed by atoms with Gasteiger partial charge in [0.05, 0.1) is 10.0 Å². The van der Waals surface area contributed by atoms with Crippen molar-refractivity contribution in [2.45, 2.75) is 4.90 Å². The van der Waals surface area contributed by atoms with Gasteiger partial charge in [-0.2, -0.15) is 0 Å². The predicted octanol–water partition coefficient (Wildman–Crippen LogP) is 4.53. The van der Waals surface area contributed by atoms with Crippen molar-refractivity contribution in [2.24, 2.45) is 0 Å². The lowest BCUT2D eigenvalue weighted by Gasteiger charge is -2.10. The first kappa shape index (κ1) is 13.2. The van der Waals surface area contributed by atoms with Crippen LogP contribution in [0.4, 0.5) is 4.79 Å². The summed E-state index contributed by atoms with van der Waals surface area (Å²) in [7, 11) is 3.37. The normalized spacial score (nSPS) is 10.2. The fourth-order valence-corrected chi connectivity index (χ4v) is 2.42. The standard InChI is InChI=1S/C9H8BrCl2NOS/c1-13(2)9(14)15-6-4-3-5(10)7(11)8(6)12/h3-4H,1-2H3. The minimum absolute atomic E-state index is 0.0877. The van der Waals surface area contributed by atoms with Crippen molar-refractivity contribution in [3.63, 3.8) is 0 Å². The largest absolute Gasteiger partial charge is 0.339 e. The van der Waals surface area contributed by atoms with Crippen LogP contribution in [0.15, 0.2) is 21.5 Å². The Balaban J connectivity index is 2.97. The number of amides is 1. The lowest BCUT2D eigenvalue weighted by atomic mass is 10.4. The lowest BCUT2D eigenvalue weighted by molar-refractivity contribution is 0.241. The van der Waals surface area contributed by atoms with Gasteiger partial charge in [0.2, 0.25) is 0 Å². The van der Waals surface area contributed by atoms with E-state index < -0.39 is 0 Å². The van der Waals surface area contributed by atoms with Gasteiger partial charge in [-0.15, -0.1) is 0 Å². The van der Waals surface area contributed by atoms with Crippen molar-refractivity contribution in [3.8, 4) is 0 Å². The molecule has 0 spiro atoms. The third kappa shape index (κ3) is 3.28. The highest BCUT2D eigenvalue weighted by atomic mass is 79.9. The highest BCUT2D eigenvalue weighted by molar-refractivity contribution is 9.10. The Morgan fingerprint density at radius 1 is 1.33 bits per heavy atom. The van der Waals surface area contributed by atoms with Crippen LogP contribution in [0, 0.1) is 0 Å². The molecule has 0 aliphatic carbocycles. The van der Waals surface area contributed by atoms with E-state index in [0.717, 1.165) is 16.2 Å². The molecule has 0 fully saturated rings. The number of rotatable bonds is 1. The molecule has 1 aromatic carbocycles. The zero-order chi connectivity index (χ0) is 11.6. The quantitative estimate of drug-likeness (QED) is 0.557. The molecule has 0 aliphatic rings. The molecule has 0 aliphatic heterocycles. The molecule has 2 nitrogen and oxygen atoms in total. The van der Waals surface area contributed by atoms with Gasteiger partial charge < -0.3 is 4.90 Å². The number of carbonyl (C=O) groups is 1. The average molecular weight is 329 g/mol. The SMILES string of the molecule is CN(C)C(=O)Sc1ccc(Br)c(Cl)c1Cl. The Kier molecular flexibility index (Phi) is 4.77. The van der Waals surface area contributed by atoms with E-state index >= 15 is 0 Å². The maximum atomic E-state index is 11.4. The van der Waals surface area contributed by atoms with E-state index in [4.69, 9.17) is 23.2 Å². The first-order chi connectivity index (χ1) is 6.93. The summed E-state index contributed by atoms with van der Waals surface area (Å²) in [6.45, 7) is 0. The van der Waals surface area contributed by atoms with Crippen LogP contribution in [0.2, 0.25) is 10.0 Å². The van der Waals surface area contributed by atoms with E-state index in [0.29, 0.717) is 14.9 Å². The van der Waals surface area contributed by atoms with E-state index in [9.17, 15) is 4.79 Å². The Bertz CT molecular complexity index is 398. The van der Waals surface area contributed by atoms with Gasteiger partial charge in [0.15, 0.2) is 0 Å². The van der Waals surface area contributed by atoms with Gasteiger partial charge in [0.25, 0.3) is 5.24 Å². The van der Waals surface area contributed by atoms with E-state index in [1.807, 2.05) is 0 Å². The zero-order valence-electron chi connectivity index (χ0n) is 8.05. The van der Waals surface area contributed by atoms with Crippen molar-refractivity contribution in [3.05, 3.63) is 26.7 Å². The van der Waals surface area contributed by atoms with Crippen molar-refractivity contribution < 1.29 is 4.79 Å².